The lowest BCUT2D eigenvalue weighted by atomic mass is 10.1. The Morgan fingerprint density at radius 1 is 1.58 bits per heavy atom. The lowest BCUT2D eigenvalue weighted by molar-refractivity contribution is 0.618. The Labute approximate surface area is 73.8 Å². The Balaban J connectivity index is 2.79. The van der Waals surface area contributed by atoms with Crippen LogP contribution in [-0.4, -0.2) is 4.98 Å². The zero-order chi connectivity index (χ0) is 8.97. The van der Waals surface area contributed by atoms with Crippen molar-refractivity contribution in [1.29, 1.82) is 0 Å². The highest BCUT2D eigenvalue weighted by Crippen LogP contribution is 2.16. The van der Waals surface area contributed by atoms with Crippen LogP contribution in [0.3, 0.4) is 0 Å². The molecule has 0 amide bonds. The van der Waals surface area contributed by atoms with Gasteiger partial charge in [-0.3, -0.25) is 4.98 Å². The van der Waals surface area contributed by atoms with Crippen molar-refractivity contribution in [3.05, 3.63) is 29.6 Å². The van der Waals surface area contributed by atoms with Gasteiger partial charge in [0.25, 0.3) is 0 Å². The number of aryl methyl sites for hydroxylation is 1. The largest absolute Gasteiger partial charge is 0.323 e. The van der Waals surface area contributed by atoms with Gasteiger partial charge in [-0.1, -0.05) is 19.4 Å². The van der Waals surface area contributed by atoms with E-state index in [1.165, 1.54) is 5.56 Å². The van der Waals surface area contributed by atoms with Crippen molar-refractivity contribution < 1.29 is 0 Å². The molecule has 1 aromatic rings. The molecule has 2 heteroatoms. The Bertz CT molecular complexity index is 245. The highest BCUT2D eigenvalue weighted by atomic mass is 14.8. The monoisotopic (exact) mass is 164 g/mol. The van der Waals surface area contributed by atoms with Crippen LogP contribution >= 0.6 is 0 Å². The van der Waals surface area contributed by atoms with Gasteiger partial charge in [0.05, 0.1) is 5.69 Å². The third-order valence-corrected chi connectivity index (χ3v) is 2.00. The van der Waals surface area contributed by atoms with Gasteiger partial charge in [0.15, 0.2) is 0 Å². The fourth-order valence-corrected chi connectivity index (χ4v) is 1.33. The van der Waals surface area contributed by atoms with Gasteiger partial charge in [0, 0.05) is 12.2 Å². The molecule has 0 aliphatic carbocycles. The van der Waals surface area contributed by atoms with E-state index in [2.05, 4.69) is 24.9 Å². The molecule has 0 saturated heterocycles. The predicted octanol–water partition coefficient (Wildman–Crippen LogP) is 2.19. The molecule has 1 rings (SSSR count). The van der Waals surface area contributed by atoms with Gasteiger partial charge in [-0.05, 0) is 25.0 Å². The Morgan fingerprint density at radius 2 is 2.33 bits per heavy atom. The van der Waals surface area contributed by atoms with Gasteiger partial charge in [-0.2, -0.15) is 0 Å². The number of hydrogen-bond donors (Lipinski definition) is 1. The molecule has 1 atom stereocenters. The summed E-state index contributed by atoms with van der Waals surface area (Å²) in [5.41, 5.74) is 8.18. The Morgan fingerprint density at radius 3 is 2.92 bits per heavy atom. The van der Waals surface area contributed by atoms with Gasteiger partial charge in [-0.15, -0.1) is 0 Å². The lowest BCUT2D eigenvalue weighted by Gasteiger charge is -2.11. The molecule has 0 bridgehead atoms. The fourth-order valence-electron chi connectivity index (χ4n) is 1.33. The molecular weight excluding hydrogens is 148 g/mol. The Hall–Kier alpha value is -0.890. The summed E-state index contributed by atoms with van der Waals surface area (Å²) in [7, 11) is 0. The zero-order valence-electron chi connectivity index (χ0n) is 7.75. The molecule has 0 radical (unpaired) electrons. The van der Waals surface area contributed by atoms with Crippen LogP contribution in [0.15, 0.2) is 18.3 Å². The first-order chi connectivity index (χ1) is 5.75. The SMILES string of the molecule is CCC[C@@H](N)c1ncccc1C. The number of nitrogens with zero attached hydrogens (tertiary/aromatic N) is 1. The summed E-state index contributed by atoms with van der Waals surface area (Å²) >= 11 is 0. The fraction of sp³-hybridized carbons (Fsp3) is 0.500. The standard InChI is InChI=1S/C10H16N2/c1-3-5-9(11)10-8(2)6-4-7-12-10/h4,6-7,9H,3,5,11H2,1-2H3/t9-/m1/s1. The van der Waals surface area contributed by atoms with E-state index in [0.717, 1.165) is 18.5 Å². The van der Waals surface area contributed by atoms with E-state index in [1.807, 2.05) is 6.07 Å². The molecular formula is C10H16N2. The van der Waals surface area contributed by atoms with Gasteiger partial charge in [0.2, 0.25) is 0 Å². The normalized spacial score (nSPS) is 12.9. The maximum atomic E-state index is 5.94. The maximum Gasteiger partial charge on any atom is 0.0600 e. The minimum Gasteiger partial charge on any atom is -0.323 e. The average Bonchev–Trinajstić information content (AvgIpc) is 2.05. The molecule has 12 heavy (non-hydrogen) atoms. The maximum absolute atomic E-state index is 5.94. The first-order valence-corrected chi connectivity index (χ1v) is 4.42. The van der Waals surface area contributed by atoms with E-state index in [0.29, 0.717) is 0 Å². The van der Waals surface area contributed by atoms with Crippen LogP contribution in [0.5, 0.6) is 0 Å². The second-order valence-corrected chi connectivity index (χ2v) is 3.10. The van der Waals surface area contributed by atoms with Crippen LogP contribution in [0.1, 0.15) is 37.1 Å². The van der Waals surface area contributed by atoms with Crippen LogP contribution in [0, 0.1) is 6.92 Å². The third kappa shape index (κ3) is 2.05. The molecule has 66 valence electrons. The van der Waals surface area contributed by atoms with E-state index >= 15 is 0 Å². The van der Waals surface area contributed by atoms with E-state index in [9.17, 15) is 0 Å². The third-order valence-electron chi connectivity index (χ3n) is 2.00. The molecule has 0 fully saturated rings. The van der Waals surface area contributed by atoms with Crippen LogP contribution in [0.2, 0.25) is 0 Å². The summed E-state index contributed by atoms with van der Waals surface area (Å²) in [6, 6.07) is 4.10. The molecule has 0 aliphatic heterocycles. The lowest BCUT2D eigenvalue weighted by Crippen LogP contribution is -2.12. The van der Waals surface area contributed by atoms with E-state index in [-0.39, 0.29) is 6.04 Å². The van der Waals surface area contributed by atoms with Crippen LogP contribution in [-0.2, 0) is 0 Å². The number of hydrogen-bond acceptors (Lipinski definition) is 2. The first-order valence-electron chi connectivity index (χ1n) is 4.42. The van der Waals surface area contributed by atoms with Gasteiger partial charge < -0.3 is 5.73 Å². The van der Waals surface area contributed by atoms with E-state index in [4.69, 9.17) is 5.73 Å². The number of aromatic nitrogens is 1. The van der Waals surface area contributed by atoms with E-state index < -0.39 is 0 Å². The van der Waals surface area contributed by atoms with Gasteiger partial charge >= 0.3 is 0 Å². The van der Waals surface area contributed by atoms with Crippen LogP contribution in [0.25, 0.3) is 0 Å². The molecule has 1 heterocycles. The highest BCUT2D eigenvalue weighted by Gasteiger charge is 2.07. The molecule has 0 unspecified atom stereocenters. The predicted molar refractivity (Wildman–Crippen MR) is 50.8 cm³/mol. The molecule has 0 aromatic carbocycles. The van der Waals surface area contributed by atoms with Crippen LogP contribution in [0.4, 0.5) is 0 Å². The summed E-state index contributed by atoms with van der Waals surface area (Å²) in [4.78, 5) is 4.27. The van der Waals surface area contributed by atoms with E-state index in [1.54, 1.807) is 6.20 Å². The van der Waals surface area contributed by atoms with Crippen molar-refractivity contribution in [3.8, 4) is 0 Å². The highest BCUT2D eigenvalue weighted by molar-refractivity contribution is 5.20. The van der Waals surface area contributed by atoms with Crippen molar-refractivity contribution in [2.24, 2.45) is 5.73 Å². The molecule has 2 N–H and O–H groups in total. The van der Waals surface area contributed by atoms with Crippen molar-refractivity contribution in [2.75, 3.05) is 0 Å². The smallest absolute Gasteiger partial charge is 0.0600 e. The minimum absolute atomic E-state index is 0.108. The molecule has 0 spiro atoms. The van der Waals surface area contributed by atoms with Gasteiger partial charge in [-0.25, -0.2) is 0 Å². The summed E-state index contributed by atoms with van der Waals surface area (Å²) in [6.07, 6.45) is 3.92. The summed E-state index contributed by atoms with van der Waals surface area (Å²) in [5, 5.41) is 0. The minimum atomic E-state index is 0.108. The van der Waals surface area contributed by atoms with Crippen molar-refractivity contribution in [3.63, 3.8) is 0 Å². The summed E-state index contributed by atoms with van der Waals surface area (Å²) in [5.74, 6) is 0. The topological polar surface area (TPSA) is 38.9 Å². The number of nitrogens with two attached hydrogens (primary N) is 1. The first kappa shape index (κ1) is 9.20. The van der Waals surface area contributed by atoms with Crippen LogP contribution < -0.4 is 5.73 Å². The quantitative estimate of drug-likeness (QED) is 0.743. The number of rotatable bonds is 3. The molecule has 0 saturated carbocycles. The van der Waals surface area contributed by atoms with Crippen molar-refractivity contribution >= 4 is 0 Å². The molecule has 1 aromatic heterocycles. The van der Waals surface area contributed by atoms with Crippen molar-refractivity contribution in [2.45, 2.75) is 32.7 Å². The summed E-state index contributed by atoms with van der Waals surface area (Å²) < 4.78 is 0. The second-order valence-electron chi connectivity index (χ2n) is 3.10. The Kier molecular flexibility index (Phi) is 3.23. The molecule has 0 aliphatic rings. The second kappa shape index (κ2) is 4.21. The molecule has 2 nitrogen and oxygen atoms in total. The summed E-state index contributed by atoms with van der Waals surface area (Å²) in [6.45, 7) is 4.19. The number of pyridine rings is 1. The average molecular weight is 164 g/mol. The van der Waals surface area contributed by atoms with Gasteiger partial charge in [0.1, 0.15) is 0 Å². The zero-order valence-corrected chi connectivity index (χ0v) is 7.75. The van der Waals surface area contributed by atoms with Crippen molar-refractivity contribution in [1.82, 2.24) is 4.98 Å².